The van der Waals surface area contributed by atoms with E-state index in [2.05, 4.69) is 15.5 Å². The van der Waals surface area contributed by atoms with Crippen LogP contribution < -0.4 is 10.9 Å². The van der Waals surface area contributed by atoms with E-state index in [0.717, 1.165) is 5.70 Å². The fourth-order valence-electron chi connectivity index (χ4n) is 3.84. The summed E-state index contributed by atoms with van der Waals surface area (Å²) in [6.45, 7) is 4.06. The predicted octanol–water partition coefficient (Wildman–Crippen LogP) is 3.04. The number of aromatic amines is 2. The molecule has 24 heavy (non-hydrogen) atoms. The SMILES string of the molecule is CC1(C)CC(=O)C2=C(C1)Nc1[nH][nH]c(=O)c1[C@H]2c1ccccc1F. The number of carbonyl (C=O) groups excluding carboxylic acids is 1. The lowest BCUT2D eigenvalue weighted by molar-refractivity contribution is -0.118. The summed E-state index contributed by atoms with van der Waals surface area (Å²) in [6.07, 6.45) is 1.06. The Balaban J connectivity index is 1.99. The molecule has 0 radical (unpaired) electrons. The highest BCUT2D eigenvalue weighted by Crippen LogP contribution is 2.47. The molecule has 1 aliphatic heterocycles. The van der Waals surface area contributed by atoms with E-state index in [-0.39, 0.29) is 16.8 Å². The number of hydrogen-bond donors (Lipinski definition) is 3. The molecule has 3 N–H and O–H groups in total. The Hall–Kier alpha value is -2.63. The summed E-state index contributed by atoms with van der Waals surface area (Å²) in [6, 6.07) is 6.32. The van der Waals surface area contributed by atoms with Crippen molar-refractivity contribution in [2.24, 2.45) is 5.41 Å². The van der Waals surface area contributed by atoms with Gasteiger partial charge >= 0.3 is 0 Å². The molecule has 124 valence electrons. The second-order valence-electron chi connectivity index (χ2n) is 7.28. The Morgan fingerprint density at radius 2 is 1.88 bits per heavy atom. The maximum atomic E-state index is 14.5. The number of fused-ring (bicyclic) bond motifs is 1. The van der Waals surface area contributed by atoms with Crippen molar-refractivity contribution in [1.82, 2.24) is 10.2 Å². The summed E-state index contributed by atoms with van der Waals surface area (Å²) in [4.78, 5) is 25.1. The number of halogens is 1. The minimum atomic E-state index is -0.684. The zero-order valence-electron chi connectivity index (χ0n) is 13.5. The van der Waals surface area contributed by atoms with Crippen molar-refractivity contribution in [2.45, 2.75) is 32.6 Å². The van der Waals surface area contributed by atoms with Crippen LogP contribution in [0.4, 0.5) is 10.2 Å². The number of benzene rings is 1. The third kappa shape index (κ3) is 2.13. The Bertz CT molecular complexity index is 936. The van der Waals surface area contributed by atoms with Gasteiger partial charge in [-0.1, -0.05) is 32.0 Å². The summed E-state index contributed by atoms with van der Waals surface area (Å²) in [5.41, 5.74) is 1.49. The van der Waals surface area contributed by atoms with Gasteiger partial charge in [0.15, 0.2) is 5.78 Å². The molecule has 0 unspecified atom stereocenters. The van der Waals surface area contributed by atoms with E-state index in [1.54, 1.807) is 18.2 Å². The topological polar surface area (TPSA) is 77.8 Å². The first-order chi connectivity index (χ1) is 11.4. The molecule has 0 spiro atoms. The highest BCUT2D eigenvalue weighted by Gasteiger charge is 2.42. The van der Waals surface area contributed by atoms with Crippen LogP contribution in [0.15, 0.2) is 40.3 Å². The summed E-state index contributed by atoms with van der Waals surface area (Å²) in [5.74, 6) is -0.623. The Labute approximate surface area is 138 Å². The first-order valence-electron chi connectivity index (χ1n) is 7.95. The second-order valence-corrected chi connectivity index (χ2v) is 7.28. The Kier molecular flexibility index (Phi) is 3.07. The quantitative estimate of drug-likeness (QED) is 0.753. The molecule has 0 amide bonds. The summed E-state index contributed by atoms with van der Waals surface area (Å²) in [5, 5.41) is 8.52. The number of ketones is 1. The molecule has 2 heterocycles. The van der Waals surface area contributed by atoms with Gasteiger partial charge in [0.2, 0.25) is 0 Å². The molecule has 0 saturated carbocycles. The van der Waals surface area contributed by atoms with Crippen LogP contribution in [-0.2, 0) is 4.79 Å². The minimum Gasteiger partial charge on any atom is -0.343 e. The monoisotopic (exact) mass is 327 g/mol. The molecule has 1 aromatic heterocycles. The number of carbonyl (C=O) groups is 1. The zero-order chi connectivity index (χ0) is 17.1. The van der Waals surface area contributed by atoms with Gasteiger partial charge in [-0.05, 0) is 17.9 Å². The maximum absolute atomic E-state index is 14.5. The zero-order valence-corrected chi connectivity index (χ0v) is 13.5. The highest BCUT2D eigenvalue weighted by atomic mass is 19.1. The number of anilines is 1. The fraction of sp³-hybridized carbons (Fsp3) is 0.333. The van der Waals surface area contributed by atoms with Crippen molar-refractivity contribution in [3.63, 3.8) is 0 Å². The third-order valence-corrected chi connectivity index (χ3v) is 4.80. The van der Waals surface area contributed by atoms with Crippen LogP contribution in [0.25, 0.3) is 0 Å². The summed E-state index contributed by atoms with van der Waals surface area (Å²) >= 11 is 0. The number of hydrogen-bond acceptors (Lipinski definition) is 3. The molecule has 1 aliphatic carbocycles. The molecule has 5 nitrogen and oxygen atoms in total. The number of nitrogens with one attached hydrogen (secondary N) is 3. The van der Waals surface area contributed by atoms with Crippen molar-refractivity contribution < 1.29 is 9.18 Å². The first-order valence-corrected chi connectivity index (χ1v) is 7.95. The van der Waals surface area contributed by atoms with Crippen LogP contribution in [0.5, 0.6) is 0 Å². The van der Waals surface area contributed by atoms with E-state index in [0.29, 0.717) is 35.4 Å². The molecule has 0 saturated heterocycles. The van der Waals surface area contributed by atoms with Gasteiger partial charge in [0, 0.05) is 23.3 Å². The van der Waals surface area contributed by atoms with Gasteiger partial charge in [0.05, 0.1) is 11.5 Å². The van der Waals surface area contributed by atoms with E-state index in [4.69, 9.17) is 0 Å². The van der Waals surface area contributed by atoms with Gasteiger partial charge in [0.1, 0.15) is 11.6 Å². The normalized spacial score (nSPS) is 22.0. The van der Waals surface area contributed by atoms with Crippen LogP contribution >= 0.6 is 0 Å². The van der Waals surface area contributed by atoms with E-state index < -0.39 is 11.7 Å². The standard InChI is InChI=1S/C18H18FN3O2/c1-18(2)7-11-14(12(23)8-18)13(9-5-3-4-6-10(9)19)15-16(20-11)21-22-17(15)24/h3-6,13H,7-8H2,1-2H3,(H3,20,21,22,24)/t13-/m0/s1. The lowest BCUT2D eigenvalue weighted by Gasteiger charge is -2.37. The molecule has 2 aliphatic rings. The molecular formula is C18H18FN3O2. The van der Waals surface area contributed by atoms with Gasteiger partial charge < -0.3 is 5.32 Å². The van der Waals surface area contributed by atoms with Gasteiger partial charge in [-0.3, -0.25) is 19.8 Å². The molecule has 4 rings (SSSR count). The molecule has 2 aromatic rings. The smallest absolute Gasteiger partial charge is 0.270 e. The Morgan fingerprint density at radius 3 is 2.62 bits per heavy atom. The van der Waals surface area contributed by atoms with Crippen LogP contribution in [-0.4, -0.2) is 16.0 Å². The van der Waals surface area contributed by atoms with Gasteiger partial charge in [0.25, 0.3) is 5.56 Å². The van der Waals surface area contributed by atoms with E-state index in [1.165, 1.54) is 6.07 Å². The molecule has 1 atom stereocenters. The predicted molar refractivity (Wildman–Crippen MR) is 88.3 cm³/mol. The van der Waals surface area contributed by atoms with E-state index >= 15 is 0 Å². The maximum Gasteiger partial charge on any atom is 0.270 e. The largest absolute Gasteiger partial charge is 0.343 e. The number of rotatable bonds is 1. The Morgan fingerprint density at radius 1 is 1.12 bits per heavy atom. The first kappa shape index (κ1) is 14.9. The summed E-state index contributed by atoms with van der Waals surface area (Å²) < 4.78 is 14.5. The van der Waals surface area contributed by atoms with Crippen molar-refractivity contribution in [2.75, 3.05) is 5.32 Å². The number of Topliss-reactive ketones (excluding diaryl/α,β-unsaturated/α-hetero) is 1. The van der Waals surface area contributed by atoms with Crippen molar-refractivity contribution in [3.05, 3.63) is 62.8 Å². The van der Waals surface area contributed by atoms with E-state index in [9.17, 15) is 14.0 Å². The van der Waals surface area contributed by atoms with Gasteiger partial charge in [-0.25, -0.2) is 4.39 Å². The lowest BCUT2D eigenvalue weighted by atomic mass is 9.69. The highest BCUT2D eigenvalue weighted by molar-refractivity contribution is 6.01. The third-order valence-electron chi connectivity index (χ3n) is 4.80. The number of H-pyrrole nitrogens is 2. The number of aromatic nitrogens is 2. The number of allylic oxidation sites excluding steroid dienone is 2. The minimum absolute atomic E-state index is 0.0340. The van der Waals surface area contributed by atoms with Crippen LogP contribution in [0.3, 0.4) is 0 Å². The molecule has 0 bridgehead atoms. The summed E-state index contributed by atoms with van der Waals surface area (Å²) in [7, 11) is 0. The van der Waals surface area contributed by atoms with Crippen LogP contribution in [0.1, 0.15) is 43.7 Å². The van der Waals surface area contributed by atoms with Gasteiger partial charge in [-0.2, -0.15) is 0 Å². The van der Waals surface area contributed by atoms with Crippen LogP contribution in [0, 0.1) is 11.2 Å². The molecule has 0 fully saturated rings. The van der Waals surface area contributed by atoms with Crippen LogP contribution in [0.2, 0.25) is 0 Å². The average Bonchev–Trinajstić information content (AvgIpc) is 2.86. The molecular weight excluding hydrogens is 309 g/mol. The fourth-order valence-corrected chi connectivity index (χ4v) is 3.84. The van der Waals surface area contributed by atoms with Crippen molar-refractivity contribution in [1.29, 1.82) is 0 Å². The molecule has 1 aromatic carbocycles. The molecule has 6 heteroatoms. The second kappa shape index (κ2) is 4.93. The van der Waals surface area contributed by atoms with Crippen molar-refractivity contribution >= 4 is 11.6 Å². The average molecular weight is 327 g/mol. The van der Waals surface area contributed by atoms with Crippen molar-refractivity contribution in [3.8, 4) is 0 Å². The van der Waals surface area contributed by atoms with Gasteiger partial charge in [-0.15, -0.1) is 0 Å². The lowest BCUT2D eigenvalue weighted by Crippen LogP contribution is -2.35. The van der Waals surface area contributed by atoms with E-state index in [1.807, 2.05) is 13.8 Å².